The fraction of sp³-hybridized carbons (Fsp3) is 0.417. The Labute approximate surface area is 108 Å². The second kappa shape index (κ2) is 5.31. The number of hydrogen-bond donors (Lipinski definition) is 2. The Morgan fingerprint density at radius 2 is 2.21 bits per heavy atom. The quantitative estimate of drug-likeness (QED) is 0.854. The lowest BCUT2D eigenvalue weighted by molar-refractivity contribution is -0.138. The summed E-state index contributed by atoms with van der Waals surface area (Å²) in [6.45, 7) is 0.696. The molecule has 1 atom stereocenters. The van der Waals surface area contributed by atoms with Crippen LogP contribution in [0.1, 0.15) is 18.0 Å². The normalized spacial score (nSPS) is 15.5. The maximum Gasteiger partial charge on any atom is 0.325 e. The minimum Gasteiger partial charge on any atom is -0.493 e. The van der Waals surface area contributed by atoms with Crippen molar-refractivity contribution in [1.82, 2.24) is 0 Å². The zero-order valence-electron chi connectivity index (χ0n) is 10.3. The van der Waals surface area contributed by atoms with E-state index in [9.17, 15) is 9.18 Å². The third kappa shape index (κ3) is 2.41. The Hall–Kier alpha value is -2.02. The molecule has 3 N–H and O–H groups in total. The molecule has 1 aliphatic rings. The molecule has 6 nitrogen and oxygen atoms in total. The van der Waals surface area contributed by atoms with E-state index in [1.807, 2.05) is 0 Å². The monoisotopic (exact) mass is 271 g/mol. The molecule has 0 radical (unpaired) electrons. The molecule has 0 bridgehead atoms. The van der Waals surface area contributed by atoms with Crippen molar-refractivity contribution in [3.05, 3.63) is 17.4 Å². The molecule has 1 aromatic rings. The summed E-state index contributed by atoms with van der Waals surface area (Å²) in [6.07, 6.45) is 0.611. The van der Waals surface area contributed by atoms with E-state index < -0.39 is 17.8 Å². The van der Waals surface area contributed by atoms with Crippen LogP contribution < -0.4 is 19.9 Å². The molecule has 104 valence electrons. The zero-order chi connectivity index (χ0) is 14.0. The van der Waals surface area contributed by atoms with Crippen LogP contribution in [0.15, 0.2) is 6.07 Å². The molecule has 0 aromatic heterocycles. The minimum absolute atomic E-state index is 0.0492. The van der Waals surface area contributed by atoms with E-state index in [1.165, 1.54) is 7.11 Å². The van der Waals surface area contributed by atoms with Gasteiger partial charge in [-0.25, -0.2) is 4.39 Å². The summed E-state index contributed by atoms with van der Waals surface area (Å²) in [5.74, 6) is -2.01. The van der Waals surface area contributed by atoms with Crippen molar-refractivity contribution in [2.75, 3.05) is 20.3 Å². The number of hydrogen-bond acceptors (Lipinski definition) is 5. The molecule has 1 aliphatic heterocycles. The number of carbonyl (C=O) groups is 1. The Bertz CT molecular complexity index is 505. The third-order valence-electron chi connectivity index (χ3n) is 2.76. The van der Waals surface area contributed by atoms with Crippen LogP contribution in [0, 0.1) is 5.82 Å². The molecule has 19 heavy (non-hydrogen) atoms. The van der Waals surface area contributed by atoms with Gasteiger partial charge < -0.3 is 25.1 Å². The lowest BCUT2D eigenvalue weighted by Gasteiger charge is -2.19. The Morgan fingerprint density at radius 3 is 2.84 bits per heavy atom. The first kappa shape index (κ1) is 13.4. The van der Waals surface area contributed by atoms with Gasteiger partial charge in [0.1, 0.15) is 6.04 Å². The number of rotatable bonds is 3. The van der Waals surface area contributed by atoms with Gasteiger partial charge in [-0.2, -0.15) is 0 Å². The molecular formula is C12H14FNO5. The first-order chi connectivity index (χ1) is 9.06. The van der Waals surface area contributed by atoms with Crippen molar-refractivity contribution in [3.8, 4) is 17.2 Å². The molecule has 0 amide bonds. The number of benzene rings is 1. The highest BCUT2D eigenvalue weighted by atomic mass is 19.1. The summed E-state index contributed by atoms with van der Waals surface area (Å²) in [6, 6.07) is -0.349. The summed E-state index contributed by atoms with van der Waals surface area (Å²) in [4.78, 5) is 11.1. The number of aliphatic carboxylic acids is 1. The number of methoxy groups -OCH3 is 1. The van der Waals surface area contributed by atoms with Crippen molar-refractivity contribution >= 4 is 5.97 Å². The standard InChI is InChI=1S/C12H14FNO5/c1-17-10-6(13)5-7-11(19-4-2-3-18-7)8(10)9(14)12(15)16/h5,9H,2-4,14H2,1H3,(H,15,16). The second-order valence-electron chi connectivity index (χ2n) is 4.00. The van der Waals surface area contributed by atoms with E-state index >= 15 is 0 Å². The Kier molecular flexibility index (Phi) is 3.75. The SMILES string of the molecule is COc1c(F)cc2c(c1C(N)C(=O)O)OCCCO2. The first-order valence-corrected chi connectivity index (χ1v) is 5.70. The number of ether oxygens (including phenoxy) is 3. The topological polar surface area (TPSA) is 91.0 Å². The first-order valence-electron chi connectivity index (χ1n) is 5.70. The Morgan fingerprint density at radius 1 is 1.53 bits per heavy atom. The van der Waals surface area contributed by atoms with Crippen molar-refractivity contribution < 1.29 is 28.5 Å². The average molecular weight is 271 g/mol. The molecule has 7 heteroatoms. The van der Waals surface area contributed by atoms with E-state index in [-0.39, 0.29) is 22.8 Å². The van der Waals surface area contributed by atoms with Crippen LogP contribution in [0.3, 0.4) is 0 Å². The summed E-state index contributed by atoms with van der Waals surface area (Å²) in [5, 5.41) is 9.02. The van der Waals surface area contributed by atoms with Gasteiger partial charge >= 0.3 is 5.97 Å². The van der Waals surface area contributed by atoms with Gasteiger partial charge in [0.05, 0.1) is 25.9 Å². The number of carboxylic acids is 1. The van der Waals surface area contributed by atoms with E-state index in [0.717, 1.165) is 6.07 Å². The number of carboxylic acid groups (broad SMARTS) is 1. The lowest BCUT2D eigenvalue weighted by Crippen LogP contribution is -2.23. The smallest absolute Gasteiger partial charge is 0.325 e. The molecule has 0 saturated heterocycles. The van der Waals surface area contributed by atoms with Gasteiger partial charge in [-0.3, -0.25) is 4.79 Å². The van der Waals surface area contributed by atoms with E-state index in [0.29, 0.717) is 19.6 Å². The zero-order valence-corrected chi connectivity index (χ0v) is 10.3. The number of nitrogens with two attached hydrogens (primary N) is 1. The molecule has 2 rings (SSSR count). The van der Waals surface area contributed by atoms with Crippen molar-refractivity contribution in [1.29, 1.82) is 0 Å². The summed E-state index contributed by atoms with van der Waals surface area (Å²) in [7, 11) is 1.24. The Balaban J connectivity index is 2.65. The van der Waals surface area contributed by atoms with Crippen molar-refractivity contribution in [3.63, 3.8) is 0 Å². The van der Waals surface area contributed by atoms with E-state index in [4.69, 9.17) is 25.1 Å². The number of fused-ring (bicyclic) bond motifs is 1. The highest BCUT2D eigenvalue weighted by molar-refractivity contribution is 5.79. The van der Waals surface area contributed by atoms with Crippen LogP contribution in [0.4, 0.5) is 4.39 Å². The molecule has 1 aromatic carbocycles. The maximum atomic E-state index is 13.9. The third-order valence-corrected chi connectivity index (χ3v) is 2.76. The van der Waals surface area contributed by atoms with Crippen LogP contribution in [0.25, 0.3) is 0 Å². The predicted octanol–water partition coefficient (Wildman–Crippen LogP) is 1.08. The highest BCUT2D eigenvalue weighted by Gasteiger charge is 2.30. The van der Waals surface area contributed by atoms with Gasteiger partial charge in [0, 0.05) is 12.5 Å². The highest BCUT2D eigenvalue weighted by Crippen LogP contribution is 2.43. The van der Waals surface area contributed by atoms with Crippen LogP contribution >= 0.6 is 0 Å². The largest absolute Gasteiger partial charge is 0.493 e. The summed E-state index contributed by atoms with van der Waals surface area (Å²) in [5.41, 5.74) is 5.53. The summed E-state index contributed by atoms with van der Waals surface area (Å²) >= 11 is 0. The molecule has 1 unspecified atom stereocenters. The molecule has 0 fully saturated rings. The molecular weight excluding hydrogens is 257 g/mol. The van der Waals surface area contributed by atoms with Crippen LogP contribution in [0.5, 0.6) is 17.2 Å². The fourth-order valence-corrected chi connectivity index (χ4v) is 1.90. The van der Waals surface area contributed by atoms with Crippen molar-refractivity contribution in [2.45, 2.75) is 12.5 Å². The van der Waals surface area contributed by atoms with Gasteiger partial charge in [-0.05, 0) is 0 Å². The van der Waals surface area contributed by atoms with Crippen LogP contribution in [0.2, 0.25) is 0 Å². The molecule has 0 spiro atoms. The predicted molar refractivity (Wildman–Crippen MR) is 63.1 cm³/mol. The van der Waals surface area contributed by atoms with Gasteiger partial charge in [0.25, 0.3) is 0 Å². The lowest BCUT2D eigenvalue weighted by atomic mass is 10.0. The number of halogens is 1. The average Bonchev–Trinajstić information content (AvgIpc) is 2.61. The van der Waals surface area contributed by atoms with Gasteiger partial charge in [-0.15, -0.1) is 0 Å². The van der Waals surface area contributed by atoms with Gasteiger partial charge in [-0.1, -0.05) is 0 Å². The molecule has 1 heterocycles. The van der Waals surface area contributed by atoms with Crippen molar-refractivity contribution in [2.24, 2.45) is 5.73 Å². The molecule has 0 saturated carbocycles. The molecule has 0 aliphatic carbocycles. The second-order valence-corrected chi connectivity index (χ2v) is 4.00. The van der Waals surface area contributed by atoms with Crippen LogP contribution in [-0.2, 0) is 4.79 Å². The van der Waals surface area contributed by atoms with E-state index in [2.05, 4.69) is 0 Å². The van der Waals surface area contributed by atoms with Gasteiger partial charge in [0.2, 0.25) is 0 Å². The van der Waals surface area contributed by atoms with Gasteiger partial charge in [0.15, 0.2) is 23.1 Å². The summed E-state index contributed by atoms with van der Waals surface area (Å²) < 4.78 is 29.5. The van der Waals surface area contributed by atoms with E-state index in [1.54, 1.807) is 0 Å². The fourth-order valence-electron chi connectivity index (χ4n) is 1.90. The minimum atomic E-state index is -1.46. The maximum absolute atomic E-state index is 13.9. The van der Waals surface area contributed by atoms with Crippen LogP contribution in [-0.4, -0.2) is 31.4 Å².